The van der Waals surface area contributed by atoms with Gasteiger partial charge in [0.15, 0.2) is 0 Å². The number of hydrogen-bond donors (Lipinski definition) is 2. The van der Waals surface area contributed by atoms with Crippen LogP contribution in [0.4, 0.5) is 33.9 Å². The summed E-state index contributed by atoms with van der Waals surface area (Å²) in [6.45, 7) is 11.3. The summed E-state index contributed by atoms with van der Waals surface area (Å²) in [5.74, 6) is 3.02. The van der Waals surface area contributed by atoms with Crippen molar-refractivity contribution in [2.75, 3.05) is 41.4 Å². The van der Waals surface area contributed by atoms with Crippen LogP contribution in [0.5, 0.6) is 0 Å². The van der Waals surface area contributed by atoms with E-state index < -0.39 is 0 Å². The minimum absolute atomic E-state index is 0.0393. The lowest BCUT2D eigenvalue weighted by molar-refractivity contribution is -0.0893. The van der Waals surface area contributed by atoms with E-state index in [2.05, 4.69) is 42.4 Å². The number of anilines is 5. The number of nitrogens with zero attached hydrogens (tertiary/aromatic N) is 6. The molecule has 11 nitrogen and oxygen atoms in total. The second kappa shape index (κ2) is 9.63. The van der Waals surface area contributed by atoms with Gasteiger partial charge >= 0.3 is 6.09 Å². The van der Waals surface area contributed by atoms with E-state index in [-0.39, 0.29) is 29.2 Å². The van der Waals surface area contributed by atoms with Gasteiger partial charge in [-0.25, -0.2) is 14.8 Å². The zero-order chi connectivity index (χ0) is 28.4. The Morgan fingerprint density at radius 2 is 1.88 bits per heavy atom. The van der Waals surface area contributed by atoms with Gasteiger partial charge in [-0.3, -0.25) is 9.88 Å². The van der Waals surface area contributed by atoms with Crippen molar-refractivity contribution in [1.29, 1.82) is 0 Å². The van der Waals surface area contributed by atoms with Crippen molar-refractivity contribution >= 4 is 35.2 Å². The Bertz CT molecular complexity index is 1470. The zero-order valence-electron chi connectivity index (χ0n) is 23.9. The van der Waals surface area contributed by atoms with Crippen LogP contribution in [-0.2, 0) is 14.9 Å². The van der Waals surface area contributed by atoms with Crippen molar-refractivity contribution in [3.8, 4) is 0 Å². The summed E-state index contributed by atoms with van der Waals surface area (Å²) in [4.78, 5) is 35.7. The van der Waals surface area contributed by atoms with E-state index in [9.17, 15) is 4.79 Å². The van der Waals surface area contributed by atoms with Gasteiger partial charge in [0.1, 0.15) is 24.1 Å². The molecule has 3 aromatic heterocycles. The first-order chi connectivity index (χ1) is 19.7. The topological polar surface area (TPSA) is 118 Å². The summed E-state index contributed by atoms with van der Waals surface area (Å²) in [6, 6.07) is 9.82. The number of carbonyl (C=O) groups is 1. The number of cyclic esters (lactones) is 1. The van der Waals surface area contributed by atoms with Crippen LogP contribution in [0.3, 0.4) is 0 Å². The minimum atomic E-state index is -0.376. The maximum absolute atomic E-state index is 12.5. The molecular weight excluding hydrogens is 520 g/mol. The quantitative estimate of drug-likeness (QED) is 0.468. The van der Waals surface area contributed by atoms with Gasteiger partial charge in [-0.15, -0.1) is 0 Å². The highest BCUT2D eigenvalue weighted by atomic mass is 16.6. The van der Waals surface area contributed by atoms with Crippen LogP contribution >= 0.6 is 0 Å². The fraction of sp³-hybridized carbons (Fsp3) is 0.500. The molecule has 214 valence electrons. The summed E-state index contributed by atoms with van der Waals surface area (Å²) in [6.07, 6.45) is 5.27. The monoisotopic (exact) mass is 556 g/mol. The first-order valence-corrected chi connectivity index (χ1v) is 14.4. The van der Waals surface area contributed by atoms with Gasteiger partial charge in [0.05, 0.1) is 36.2 Å². The van der Waals surface area contributed by atoms with Crippen LogP contribution in [0, 0.1) is 0 Å². The number of ether oxygens (including phenoxy) is 2. The van der Waals surface area contributed by atoms with Crippen LogP contribution in [0.2, 0.25) is 0 Å². The van der Waals surface area contributed by atoms with E-state index in [4.69, 9.17) is 29.4 Å². The smallest absolute Gasteiger partial charge is 0.415 e. The van der Waals surface area contributed by atoms with E-state index in [1.54, 1.807) is 4.90 Å². The summed E-state index contributed by atoms with van der Waals surface area (Å²) in [5, 5.41) is 6.75. The summed E-state index contributed by atoms with van der Waals surface area (Å²) >= 11 is 0. The molecule has 1 amide bonds. The molecule has 3 fully saturated rings. The molecule has 4 aliphatic rings. The van der Waals surface area contributed by atoms with E-state index in [1.807, 2.05) is 43.6 Å². The molecule has 2 N–H and O–H groups in total. The number of pyridine rings is 2. The lowest BCUT2D eigenvalue weighted by Crippen LogP contribution is -2.54. The highest BCUT2D eigenvalue weighted by Crippen LogP contribution is 2.53. The molecule has 0 unspecified atom stereocenters. The van der Waals surface area contributed by atoms with E-state index >= 15 is 0 Å². The Kier molecular flexibility index (Phi) is 6.13. The van der Waals surface area contributed by atoms with Crippen molar-refractivity contribution in [3.05, 3.63) is 54.0 Å². The number of fused-ring (bicyclic) bond motifs is 3. The molecule has 3 aromatic rings. The number of nitrogens with one attached hydrogen (secondary N) is 2. The van der Waals surface area contributed by atoms with Crippen molar-refractivity contribution in [3.63, 3.8) is 0 Å². The Hall–Kier alpha value is -3.83. The van der Waals surface area contributed by atoms with Gasteiger partial charge in [-0.1, -0.05) is 13.0 Å². The van der Waals surface area contributed by atoms with E-state index in [1.165, 1.54) is 0 Å². The third-order valence-electron chi connectivity index (χ3n) is 8.93. The van der Waals surface area contributed by atoms with Crippen LogP contribution in [0.15, 0.2) is 42.7 Å². The fourth-order valence-electron chi connectivity index (χ4n) is 6.53. The Morgan fingerprint density at radius 1 is 1.05 bits per heavy atom. The maximum atomic E-state index is 12.5. The van der Waals surface area contributed by atoms with E-state index in [0.29, 0.717) is 30.9 Å². The molecule has 0 bridgehead atoms. The number of rotatable bonds is 5. The van der Waals surface area contributed by atoms with Crippen molar-refractivity contribution in [1.82, 2.24) is 25.3 Å². The van der Waals surface area contributed by atoms with Crippen LogP contribution < -0.4 is 20.4 Å². The third kappa shape index (κ3) is 4.47. The second-order valence-corrected chi connectivity index (χ2v) is 12.4. The summed E-state index contributed by atoms with van der Waals surface area (Å²) in [7, 11) is 0. The number of aromatic nitrogens is 4. The molecule has 4 atom stereocenters. The lowest BCUT2D eigenvalue weighted by Gasteiger charge is -2.46. The average molecular weight is 557 g/mol. The Balaban J connectivity index is 1.25. The number of hydrogen-bond acceptors (Lipinski definition) is 10. The highest BCUT2D eigenvalue weighted by Gasteiger charge is 2.55. The Labute approximate surface area is 239 Å². The van der Waals surface area contributed by atoms with Crippen molar-refractivity contribution in [2.45, 2.75) is 69.6 Å². The van der Waals surface area contributed by atoms with Gasteiger partial charge in [0.2, 0.25) is 5.95 Å². The third-order valence-corrected chi connectivity index (χ3v) is 8.93. The highest BCUT2D eigenvalue weighted by molar-refractivity contribution is 5.89. The maximum Gasteiger partial charge on any atom is 0.415 e. The average Bonchev–Trinajstić information content (AvgIpc) is 3.66. The molecule has 7 heterocycles. The second-order valence-electron chi connectivity index (χ2n) is 12.4. The number of amides is 1. The first kappa shape index (κ1) is 26.1. The molecule has 4 aliphatic heterocycles. The van der Waals surface area contributed by atoms with Gasteiger partial charge in [0.25, 0.3) is 0 Å². The lowest BCUT2D eigenvalue weighted by atomic mass is 9.73. The zero-order valence-corrected chi connectivity index (χ0v) is 23.9. The van der Waals surface area contributed by atoms with E-state index in [0.717, 1.165) is 54.5 Å². The molecule has 0 radical (unpaired) electrons. The van der Waals surface area contributed by atoms with Crippen LogP contribution in [-0.4, -0.2) is 70.0 Å². The van der Waals surface area contributed by atoms with Crippen LogP contribution in [0.1, 0.15) is 57.7 Å². The predicted molar refractivity (Wildman–Crippen MR) is 155 cm³/mol. The molecule has 0 spiro atoms. The van der Waals surface area contributed by atoms with Crippen molar-refractivity contribution in [2.24, 2.45) is 0 Å². The van der Waals surface area contributed by atoms with Gasteiger partial charge < -0.3 is 25.0 Å². The minimum Gasteiger partial charge on any atom is -0.447 e. The molecule has 11 heteroatoms. The molecule has 3 saturated heterocycles. The van der Waals surface area contributed by atoms with Crippen LogP contribution in [0.25, 0.3) is 0 Å². The standard InChI is InChI=1S/C30H36N8O3/c1-18-16-40-28(39)37(18)24-6-5-7-25(35-24)38-23-12-29(2,3)41-17-30(23,4)21-15-33-27(36-26(21)38)34-20-8-9-22(32-14-20)19-10-11-31-13-19/h5-9,14-15,18-19,23,31H,10-13,16-17H2,1-4H3,(H,33,34,36)/t18-,19+,23-,30-/m0/s1. The SMILES string of the molecule is C[C@H]1COC(=O)N1c1cccc(N2c3nc(Nc4ccc([C@@H]5CCNC5)nc4)ncc3[C@]3(C)COC(C)(C)C[C@H]23)n1. The number of carbonyl (C=O) groups excluding carboxylic acids is 1. The van der Waals surface area contributed by atoms with Gasteiger partial charge in [0, 0.05) is 35.3 Å². The van der Waals surface area contributed by atoms with Crippen molar-refractivity contribution < 1.29 is 14.3 Å². The largest absolute Gasteiger partial charge is 0.447 e. The summed E-state index contributed by atoms with van der Waals surface area (Å²) in [5.41, 5.74) is 2.31. The van der Waals surface area contributed by atoms with Gasteiger partial charge in [-0.2, -0.15) is 4.98 Å². The molecule has 0 saturated carbocycles. The first-order valence-electron chi connectivity index (χ1n) is 14.4. The summed E-state index contributed by atoms with van der Waals surface area (Å²) < 4.78 is 11.6. The van der Waals surface area contributed by atoms with Gasteiger partial charge in [-0.05, 0) is 64.4 Å². The molecule has 41 heavy (non-hydrogen) atoms. The fourth-order valence-corrected chi connectivity index (χ4v) is 6.53. The normalized spacial score (nSPS) is 28.4. The molecule has 0 aromatic carbocycles. The molecule has 7 rings (SSSR count). The molecular formula is C30H36N8O3. The predicted octanol–water partition coefficient (Wildman–Crippen LogP) is 4.41. The molecule has 0 aliphatic carbocycles. The Morgan fingerprint density at radius 3 is 2.59 bits per heavy atom.